The lowest BCUT2D eigenvalue weighted by Gasteiger charge is -2.29. The molecule has 1 aliphatic rings. The maximum absolute atomic E-state index is 11.5. The van der Waals surface area contributed by atoms with Gasteiger partial charge in [0.2, 0.25) is 0 Å². The summed E-state index contributed by atoms with van der Waals surface area (Å²) in [5.41, 5.74) is 0.477. The molecule has 0 radical (unpaired) electrons. The van der Waals surface area contributed by atoms with Crippen molar-refractivity contribution in [2.24, 2.45) is 0 Å². The van der Waals surface area contributed by atoms with Gasteiger partial charge in [-0.1, -0.05) is 45.6 Å². The minimum Gasteiger partial charge on any atom is -0.459 e. The molecule has 2 unspecified atom stereocenters. The number of rotatable bonds is 10. The Labute approximate surface area is 130 Å². The first-order valence-corrected chi connectivity index (χ1v) is 8.61. The number of unbranched alkanes of at least 4 members (excludes halogenated alkanes) is 5. The van der Waals surface area contributed by atoms with Gasteiger partial charge in [0.05, 0.1) is 6.10 Å². The molecule has 122 valence electrons. The van der Waals surface area contributed by atoms with Crippen molar-refractivity contribution in [3.8, 4) is 0 Å². The van der Waals surface area contributed by atoms with Crippen molar-refractivity contribution in [2.75, 3.05) is 6.61 Å². The van der Waals surface area contributed by atoms with Gasteiger partial charge in [0.1, 0.15) is 6.10 Å². The van der Waals surface area contributed by atoms with Crippen molar-refractivity contribution in [2.45, 2.75) is 90.3 Å². The third-order valence-corrected chi connectivity index (χ3v) is 4.05. The van der Waals surface area contributed by atoms with Crippen LogP contribution in [0.4, 0.5) is 0 Å². The number of carbonyl (C=O) groups excluding carboxylic acids is 1. The van der Waals surface area contributed by atoms with Crippen molar-refractivity contribution in [3.63, 3.8) is 0 Å². The number of hydrogen-bond donors (Lipinski definition) is 0. The fourth-order valence-corrected chi connectivity index (χ4v) is 2.74. The molecule has 3 nitrogen and oxygen atoms in total. The normalized spacial score (nSPS) is 22.0. The number of ether oxygens (including phenoxy) is 2. The summed E-state index contributed by atoms with van der Waals surface area (Å²) in [5, 5.41) is 0. The lowest BCUT2D eigenvalue weighted by atomic mass is 9.95. The molecule has 0 bridgehead atoms. The van der Waals surface area contributed by atoms with E-state index in [9.17, 15) is 4.79 Å². The van der Waals surface area contributed by atoms with Crippen molar-refractivity contribution in [1.29, 1.82) is 0 Å². The third kappa shape index (κ3) is 8.25. The molecule has 0 heterocycles. The maximum Gasteiger partial charge on any atom is 0.333 e. The SMILES string of the molecule is C=C(C)C(=O)OC1CCCC(OCCCCCCCC)C1. The number of hydrogen-bond acceptors (Lipinski definition) is 3. The van der Waals surface area contributed by atoms with Crippen LogP contribution in [-0.4, -0.2) is 24.8 Å². The molecule has 0 aromatic carbocycles. The van der Waals surface area contributed by atoms with Gasteiger partial charge in [0.15, 0.2) is 0 Å². The molecule has 3 heteroatoms. The monoisotopic (exact) mass is 296 g/mol. The lowest BCUT2D eigenvalue weighted by Crippen LogP contribution is -2.30. The van der Waals surface area contributed by atoms with E-state index >= 15 is 0 Å². The second-order valence-corrected chi connectivity index (χ2v) is 6.23. The molecule has 1 fully saturated rings. The third-order valence-electron chi connectivity index (χ3n) is 4.05. The standard InChI is InChI=1S/C18H32O3/c1-4-5-6-7-8-9-13-20-16-11-10-12-17(14-16)21-18(19)15(2)3/h16-17H,2,4-14H2,1,3H3. The summed E-state index contributed by atoms with van der Waals surface area (Å²) in [6, 6.07) is 0. The first-order valence-electron chi connectivity index (χ1n) is 8.61. The van der Waals surface area contributed by atoms with Crippen LogP contribution >= 0.6 is 0 Å². The zero-order valence-corrected chi connectivity index (χ0v) is 13.9. The highest BCUT2D eigenvalue weighted by Crippen LogP contribution is 2.24. The zero-order valence-electron chi connectivity index (χ0n) is 13.9. The van der Waals surface area contributed by atoms with Gasteiger partial charge in [-0.15, -0.1) is 0 Å². The molecule has 0 aromatic heterocycles. The van der Waals surface area contributed by atoms with E-state index in [4.69, 9.17) is 9.47 Å². The maximum atomic E-state index is 11.5. The predicted octanol–water partition coefficient (Wildman–Crippen LogP) is 4.79. The Kier molecular flexibility index (Phi) is 9.40. The summed E-state index contributed by atoms with van der Waals surface area (Å²) in [5.74, 6) is -0.267. The summed E-state index contributed by atoms with van der Waals surface area (Å²) in [7, 11) is 0. The van der Waals surface area contributed by atoms with E-state index in [0.717, 1.165) is 38.7 Å². The Hall–Kier alpha value is -0.830. The summed E-state index contributed by atoms with van der Waals surface area (Å²) < 4.78 is 11.4. The minimum absolute atomic E-state index is 0.0116. The predicted molar refractivity (Wildman–Crippen MR) is 86.3 cm³/mol. The molecule has 21 heavy (non-hydrogen) atoms. The van der Waals surface area contributed by atoms with Crippen LogP contribution in [0.1, 0.15) is 78.1 Å². The number of esters is 1. The Morgan fingerprint density at radius 2 is 1.76 bits per heavy atom. The van der Waals surface area contributed by atoms with Gasteiger partial charge in [-0.25, -0.2) is 4.79 Å². The molecule has 0 saturated heterocycles. The molecular weight excluding hydrogens is 264 g/mol. The molecule has 0 N–H and O–H groups in total. The van der Waals surface area contributed by atoms with E-state index in [1.165, 1.54) is 32.1 Å². The lowest BCUT2D eigenvalue weighted by molar-refractivity contribution is -0.148. The van der Waals surface area contributed by atoms with Crippen molar-refractivity contribution < 1.29 is 14.3 Å². The Bertz CT molecular complexity index is 312. The Morgan fingerprint density at radius 1 is 1.10 bits per heavy atom. The largest absolute Gasteiger partial charge is 0.459 e. The fraction of sp³-hybridized carbons (Fsp3) is 0.833. The average molecular weight is 296 g/mol. The highest BCUT2D eigenvalue weighted by molar-refractivity contribution is 5.87. The highest BCUT2D eigenvalue weighted by atomic mass is 16.5. The molecule has 0 aliphatic heterocycles. The fourth-order valence-electron chi connectivity index (χ4n) is 2.74. The Balaban J connectivity index is 2.09. The summed E-state index contributed by atoms with van der Waals surface area (Å²) >= 11 is 0. The van der Waals surface area contributed by atoms with E-state index in [0.29, 0.717) is 5.57 Å². The average Bonchev–Trinajstić information content (AvgIpc) is 2.46. The highest BCUT2D eigenvalue weighted by Gasteiger charge is 2.25. The van der Waals surface area contributed by atoms with Crippen molar-refractivity contribution in [1.82, 2.24) is 0 Å². The van der Waals surface area contributed by atoms with Gasteiger partial charge in [-0.05, 0) is 32.6 Å². The van der Waals surface area contributed by atoms with Gasteiger partial charge in [-0.2, -0.15) is 0 Å². The van der Waals surface area contributed by atoms with Gasteiger partial charge in [-0.3, -0.25) is 0 Å². The molecule has 0 amide bonds. The van der Waals surface area contributed by atoms with Crippen LogP contribution in [0.2, 0.25) is 0 Å². The van der Waals surface area contributed by atoms with Crippen molar-refractivity contribution >= 4 is 5.97 Å². The second-order valence-electron chi connectivity index (χ2n) is 6.23. The van der Waals surface area contributed by atoms with Gasteiger partial charge < -0.3 is 9.47 Å². The van der Waals surface area contributed by atoms with Gasteiger partial charge in [0, 0.05) is 18.6 Å². The summed E-state index contributed by atoms with van der Waals surface area (Å²) in [6.45, 7) is 8.40. The van der Waals surface area contributed by atoms with Crippen LogP contribution in [0.3, 0.4) is 0 Å². The van der Waals surface area contributed by atoms with Gasteiger partial charge in [0.25, 0.3) is 0 Å². The number of carbonyl (C=O) groups is 1. The van der Waals surface area contributed by atoms with E-state index in [-0.39, 0.29) is 18.2 Å². The quantitative estimate of drug-likeness (QED) is 0.330. The van der Waals surface area contributed by atoms with E-state index in [2.05, 4.69) is 13.5 Å². The molecule has 1 saturated carbocycles. The van der Waals surface area contributed by atoms with E-state index < -0.39 is 0 Å². The molecule has 0 spiro atoms. The van der Waals surface area contributed by atoms with Crippen molar-refractivity contribution in [3.05, 3.63) is 12.2 Å². The van der Waals surface area contributed by atoms with Crippen LogP contribution in [-0.2, 0) is 14.3 Å². The van der Waals surface area contributed by atoms with Crippen LogP contribution in [0.5, 0.6) is 0 Å². The van der Waals surface area contributed by atoms with Gasteiger partial charge >= 0.3 is 5.97 Å². The minimum atomic E-state index is -0.267. The topological polar surface area (TPSA) is 35.5 Å². The van der Waals surface area contributed by atoms with E-state index in [1.54, 1.807) is 6.92 Å². The van der Waals surface area contributed by atoms with Crippen LogP contribution < -0.4 is 0 Å². The Morgan fingerprint density at radius 3 is 2.48 bits per heavy atom. The second kappa shape index (κ2) is 10.8. The molecule has 1 rings (SSSR count). The van der Waals surface area contributed by atoms with E-state index in [1.807, 2.05) is 0 Å². The van der Waals surface area contributed by atoms with Crippen LogP contribution in [0, 0.1) is 0 Å². The zero-order chi connectivity index (χ0) is 15.5. The molecule has 2 atom stereocenters. The van der Waals surface area contributed by atoms with Crippen LogP contribution in [0.15, 0.2) is 12.2 Å². The van der Waals surface area contributed by atoms with Crippen LogP contribution in [0.25, 0.3) is 0 Å². The summed E-state index contributed by atoms with van der Waals surface area (Å²) in [6.07, 6.45) is 12.0. The summed E-state index contributed by atoms with van der Waals surface area (Å²) in [4.78, 5) is 11.5. The first kappa shape index (κ1) is 18.2. The molecule has 0 aromatic rings. The first-order chi connectivity index (χ1) is 10.1. The molecular formula is C18H32O3. The molecule has 1 aliphatic carbocycles. The smallest absolute Gasteiger partial charge is 0.333 e.